The number of benzene rings is 1. The molecule has 8 heteroatoms. The van der Waals surface area contributed by atoms with Crippen LogP contribution in [0, 0.1) is 11.6 Å². The molecule has 0 spiro atoms. The Kier molecular flexibility index (Phi) is 6.65. The zero-order valence-electron chi connectivity index (χ0n) is 13.0. The number of amides is 1. The van der Waals surface area contributed by atoms with E-state index in [-0.39, 0.29) is 23.9 Å². The molecule has 0 fully saturated rings. The Morgan fingerprint density at radius 3 is 2.57 bits per heavy atom. The van der Waals surface area contributed by atoms with Gasteiger partial charge in [0.2, 0.25) is 5.91 Å². The molecule has 2 aromatic rings. The van der Waals surface area contributed by atoms with Crippen LogP contribution in [0.1, 0.15) is 30.1 Å². The number of aryl methyl sites for hydroxylation is 1. The van der Waals surface area contributed by atoms with Gasteiger partial charge < -0.3 is 10.6 Å². The normalized spacial score (nSPS) is 13.1. The summed E-state index contributed by atoms with van der Waals surface area (Å²) in [7, 11) is 3.41. The van der Waals surface area contributed by atoms with E-state index in [1.54, 1.807) is 38.1 Å². The van der Waals surface area contributed by atoms with Gasteiger partial charge >= 0.3 is 0 Å². The number of carbonyl (C=O) groups is 1. The Labute approximate surface area is 139 Å². The molecule has 2 atom stereocenters. The van der Waals surface area contributed by atoms with Gasteiger partial charge in [0, 0.05) is 30.4 Å². The fourth-order valence-corrected chi connectivity index (χ4v) is 2.27. The third-order valence-corrected chi connectivity index (χ3v) is 3.40. The summed E-state index contributed by atoms with van der Waals surface area (Å²) in [4.78, 5) is 12.3. The van der Waals surface area contributed by atoms with E-state index in [1.807, 2.05) is 0 Å². The Morgan fingerprint density at radius 1 is 1.35 bits per heavy atom. The molecule has 0 bridgehead atoms. The minimum atomic E-state index is -0.685. The fourth-order valence-electron chi connectivity index (χ4n) is 2.27. The minimum absolute atomic E-state index is 0. The average molecular weight is 345 g/mol. The van der Waals surface area contributed by atoms with Crippen molar-refractivity contribution in [3.63, 3.8) is 0 Å². The summed E-state index contributed by atoms with van der Waals surface area (Å²) in [5.41, 5.74) is 0.935. The van der Waals surface area contributed by atoms with Gasteiger partial charge in [-0.25, -0.2) is 8.78 Å². The van der Waals surface area contributed by atoms with Gasteiger partial charge in [0.15, 0.2) is 0 Å². The summed E-state index contributed by atoms with van der Waals surface area (Å²) >= 11 is 0. The Morgan fingerprint density at radius 2 is 2.04 bits per heavy atom. The lowest BCUT2D eigenvalue weighted by Gasteiger charge is -2.19. The summed E-state index contributed by atoms with van der Waals surface area (Å²) in [6.07, 6.45) is 3.31. The molecule has 0 saturated carbocycles. The molecule has 0 saturated heterocycles. The van der Waals surface area contributed by atoms with Crippen LogP contribution in [-0.2, 0) is 11.8 Å². The highest BCUT2D eigenvalue weighted by atomic mass is 35.5. The number of hydrogen-bond acceptors (Lipinski definition) is 3. The standard InChI is InChI=1S/C15H18F2N4O.ClH/c1-9(12-5-4-11(16)6-13(12)17)20-15(22)14(18-2)10-7-19-21(3)8-10;/h4-9,14,18H,1-3H3,(H,20,22);1H. The van der Waals surface area contributed by atoms with Crippen molar-refractivity contribution in [1.29, 1.82) is 0 Å². The van der Waals surface area contributed by atoms with Gasteiger partial charge in [0.05, 0.1) is 12.2 Å². The highest BCUT2D eigenvalue weighted by Gasteiger charge is 2.23. The molecule has 126 valence electrons. The molecule has 0 aliphatic rings. The summed E-state index contributed by atoms with van der Waals surface area (Å²) in [5.74, 6) is -1.65. The van der Waals surface area contributed by atoms with Crippen molar-refractivity contribution in [3.05, 3.63) is 53.4 Å². The molecule has 1 aromatic carbocycles. The maximum atomic E-state index is 13.7. The quantitative estimate of drug-likeness (QED) is 0.874. The Bertz CT molecular complexity index is 677. The van der Waals surface area contributed by atoms with Crippen molar-refractivity contribution < 1.29 is 13.6 Å². The monoisotopic (exact) mass is 344 g/mol. The van der Waals surface area contributed by atoms with E-state index in [0.29, 0.717) is 5.56 Å². The van der Waals surface area contributed by atoms with Gasteiger partial charge in [-0.3, -0.25) is 9.48 Å². The van der Waals surface area contributed by atoms with Gasteiger partial charge in [-0.15, -0.1) is 12.4 Å². The molecule has 1 amide bonds. The first-order valence-electron chi connectivity index (χ1n) is 6.83. The average Bonchev–Trinajstić information content (AvgIpc) is 2.85. The lowest BCUT2D eigenvalue weighted by molar-refractivity contribution is -0.123. The Hall–Kier alpha value is -1.99. The number of aromatic nitrogens is 2. The molecule has 0 aliphatic heterocycles. The second-order valence-electron chi connectivity index (χ2n) is 5.07. The number of rotatable bonds is 5. The highest BCUT2D eigenvalue weighted by Crippen LogP contribution is 2.19. The number of nitrogens with zero attached hydrogens (tertiary/aromatic N) is 2. The predicted molar refractivity (Wildman–Crippen MR) is 85.2 cm³/mol. The van der Waals surface area contributed by atoms with Crippen molar-refractivity contribution in [2.45, 2.75) is 19.0 Å². The summed E-state index contributed by atoms with van der Waals surface area (Å²) in [5, 5.41) is 9.63. The van der Waals surface area contributed by atoms with Crippen LogP contribution in [-0.4, -0.2) is 22.7 Å². The summed E-state index contributed by atoms with van der Waals surface area (Å²) in [6, 6.07) is 2.11. The van der Waals surface area contributed by atoms with Gasteiger partial charge in [0.1, 0.15) is 17.7 Å². The van der Waals surface area contributed by atoms with Crippen molar-refractivity contribution >= 4 is 18.3 Å². The third kappa shape index (κ3) is 4.49. The van der Waals surface area contributed by atoms with E-state index in [0.717, 1.165) is 12.1 Å². The predicted octanol–water partition coefficient (Wildman–Crippen LogP) is 2.26. The van der Waals surface area contributed by atoms with Crippen molar-refractivity contribution in [2.24, 2.45) is 7.05 Å². The van der Waals surface area contributed by atoms with Crippen molar-refractivity contribution in [2.75, 3.05) is 7.05 Å². The molecule has 1 aromatic heterocycles. The largest absolute Gasteiger partial charge is 0.348 e. The van der Waals surface area contributed by atoms with Crippen molar-refractivity contribution in [1.82, 2.24) is 20.4 Å². The second-order valence-corrected chi connectivity index (χ2v) is 5.07. The minimum Gasteiger partial charge on any atom is -0.348 e. The number of halogens is 3. The SMILES string of the molecule is CNC(C(=O)NC(C)c1ccc(F)cc1F)c1cnn(C)c1.Cl. The van der Waals surface area contributed by atoms with Crippen LogP contribution in [0.5, 0.6) is 0 Å². The van der Waals surface area contributed by atoms with Crippen LogP contribution >= 0.6 is 12.4 Å². The topological polar surface area (TPSA) is 59.0 Å². The number of carbonyl (C=O) groups excluding carboxylic acids is 1. The van der Waals surface area contributed by atoms with Crippen LogP contribution in [0.15, 0.2) is 30.6 Å². The van der Waals surface area contributed by atoms with Gasteiger partial charge in [-0.2, -0.15) is 5.10 Å². The van der Waals surface area contributed by atoms with E-state index in [4.69, 9.17) is 0 Å². The smallest absolute Gasteiger partial charge is 0.242 e. The second kappa shape index (κ2) is 8.03. The van der Waals surface area contributed by atoms with Gasteiger partial charge in [0.25, 0.3) is 0 Å². The van der Waals surface area contributed by atoms with E-state index >= 15 is 0 Å². The molecule has 2 rings (SSSR count). The lowest BCUT2D eigenvalue weighted by Crippen LogP contribution is -2.37. The third-order valence-electron chi connectivity index (χ3n) is 3.40. The lowest BCUT2D eigenvalue weighted by atomic mass is 10.1. The van der Waals surface area contributed by atoms with E-state index < -0.39 is 23.7 Å². The molecular formula is C15H19ClF2N4O. The summed E-state index contributed by atoms with van der Waals surface area (Å²) in [6.45, 7) is 1.64. The molecule has 1 heterocycles. The molecule has 5 nitrogen and oxygen atoms in total. The first-order chi connectivity index (χ1) is 10.4. The number of likely N-dealkylation sites (N-methyl/N-ethyl adjacent to an activating group) is 1. The zero-order chi connectivity index (χ0) is 16.3. The highest BCUT2D eigenvalue weighted by molar-refractivity contribution is 5.85. The first-order valence-corrected chi connectivity index (χ1v) is 6.83. The number of hydrogen-bond donors (Lipinski definition) is 2. The van der Waals surface area contributed by atoms with Crippen molar-refractivity contribution in [3.8, 4) is 0 Å². The maximum absolute atomic E-state index is 13.7. The maximum Gasteiger partial charge on any atom is 0.242 e. The van der Waals surface area contributed by atoms with E-state index in [1.165, 1.54) is 6.07 Å². The number of nitrogens with one attached hydrogen (secondary N) is 2. The molecular weight excluding hydrogens is 326 g/mol. The molecule has 0 aliphatic carbocycles. The fraction of sp³-hybridized carbons (Fsp3) is 0.333. The van der Waals surface area contributed by atoms with Gasteiger partial charge in [-0.1, -0.05) is 6.07 Å². The molecule has 2 unspecified atom stereocenters. The van der Waals surface area contributed by atoms with Gasteiger partial charge in [-0.05, 0) is 20.0 Å². The van der Waals surface area contributed by atoms with Crippen LogP contribution in [0.3, 0.4) is 0 Å². The van der Waals surface area contributed by atoms with Crippen LogP contribution in [0.25, 0.3) is 0 Å². The van der Waals surface area contributed by atoms with Crippen LogP contribution < -0.4 is 10.6 Å². The Balaban J connectivity index is 0.00000264. The molecule has 2 N–H and O–H groups in total. The van der Waals surface area contributed by atoms with E-state index in [2.05, 4.69) is 15.7 Å². The first kappa shape index (κ1) is 19.1. The zero-order valence-corrected chi connectivity index (χ0v) is 13.8. The molecule has 0 radical (unpaired) electrons. The molecule has 23 heavy (non-hydrogen) atoms. The summed E-state index contributed by atoms with van der Waals surface area (Å²) < 4.78 is 28.3. The van der Waals surface area contributed by atoms with Crippen LogP contribution in [0.2, 0.25) is 0 Å². The van der Waals surface area contributed by atoms with Crippen LogP contribution in [0.4, 0.5) is 8.78 Å². The van der Waals surface area contributed by atoms with E-state index in [9.17, 15) is 13.6 Å².